The number of anilines is 1. The fraction of sp³-hybridized carbons (Fsp3) is 0.462. The Hall–Kier alpha value is -2.71. The Morgan fingerprint density at radius 1 is 1.45 bits per heavy atom. The van der Waals surface area contributed by atoms with Crippen LogP contribution in [0.1, 0.15) is 13.8 Å². The van der Waals surface area contributed by atoms with E-state index in [1.807, 2.05) is 13.8 Å². The number of carbonyl (C=O) groups is 2. The summed E-state index contributed by atoms with van der Waals surface area (Å²) in [6, 6.07) is 2.57. The first-order valence-corrected chi connectivity index (χ1v) is 6.84. The summed E-state index contributed by atoms with van der Waals surface area (Å²) in [5, 5.41) is 10.8. The van der Waals surface area contributed by atoms with Crippen molar-refractivity contribution < 1.29 is 19.2 Å². The van der Waals surface area contributed by atoms with Crippen molar-refractivity contribution in [2.75, 3.05) is 31.1 Å². The van der Waals surface area contributed by atoms with E-state index in [0.29, 0.717) is 13.1 Å². The largest absolute Gasteiger partial charge is 0.477 e. The summed E-state index contributed by atoms with van der Waals surface area (Å²) in [5.41, 5.74) is 0. The predicted molar refractivity (Wildman–Crippen MR) is 76.7 cm³/mol. The zero-order valence-corrected chi connectivity index (χ0v) is 12.3. The minimum atomic E-state index is -0.663. The number of nitro groups is 1. The van der Waals surface area contributed by atoms with Gasteiger partial charge in [0.05, 0.1) is 0 Å². The molecular weight excluding hydrogens is 292 g/mol. The molecule has 9 heteroatoms. The summed E-state index contributed by atoms with van der Waals surface area (Å²) in [6.45, 7) is 4.26. The van der Waals surface area contributed by atoms with E-state index >= 15 is 0 Å². The maximum Gasteiger partial charge on any atom is 0.366 e. The third-order valence-electron chi connectivity index (χ3n) is 3.33. The highest BCUT2D eigenvalue weighted by Gasteiger charge is 2.34. The zero-order valence-electron chi connectivity index (χ0n) is 12.3. The van der Waals surface area contributed by atoms with Gasteiger partial charge in [0.15, 0.2) is 12.4 Å². The van der Waals surface area contributed by atoms with Gasteiger partial charge >= 0.3 is 5.82 Å². The standard InChI is InChI=1S/C13H16N4O5/c1-3-15(4-2)11(18)7-16-12(19)8-22-9-5-6-10(17(20)21)14-13(9)16/h5-6H,3-4,7-8H2,1-2H3. The summed E-state index contributed by atoms with van der Waals surface area (Å²) in [5.74, 6) is -0.860. The Balaban J connectivity index is 2.32. The molecule has 9 nitrogen and oxygen atoms in total. The average molecular weight is 308 g/mol. The summed E-state index contributed by atoms with van der Waals surface area (Å²) in [4.78, 5) is 40.8. The lowest BCUT2D eigenvalue weighted by molar-refractivity contribution is -0.389. The lowest BCUT2D eigenvalue weighted by Crippen LogP contribution is -2.46. The van der Waals surface area contributed by atoms with Crippen LogP contribution in [0.15, 0.2) is 12.1 Å². The van der Waals surface area contributed by atoms with E-state index in [4.69, 9.17) is 4.74 Å². The number of amides is 2. The number of ether oxygens (including phenoxy) is 1. The number of likely N-dealkylation sites (N-methyl/N-ethyl adjacent to an activating group) is 1. The molecule has 1 aliphatic rings. The number of fused-ring (bicyclic) bond motifs is 1. The summed E-state index contributed by atoms with van der Waals surface area (Å²) >= 11 is 0. The van der Waals surface area contributed by atoms with Crippen LogP contribution in [0.2, 0.25) is 0 Å². The van der Waals surface area contributed by atoms with Crippen molar-refractivity contribution in [3.8, 4) is 5.75 Å². The molecule has 1 aromatic heterocycles. The van der Waals surface area contributed by atoms with Crippen LogP contribution in [0.3, 0.4) is 0 Å². The first kappa shape index (κ1) is 15.7. The quantitative estimate of drug-likeness (QED) is 0.582. The van der Waals surface area contributed by atoms with Crippen molar-refractivity contribution in [1.29, 1.82) is 0 Å². The van der Waals surface area contributed by atoms with Crippen LogP contribution in [0, 0.1) is 10.1 Å². The van der Waals surface area contributed by atoms with Gasteiger partial charge in [0.2, 0.25) is 5.91 Å². The second kappa shape index (κ2) is 6.37. The second-order valence-corrected chi connectivity index (χ2v) is 4.58. The molecule has 0 fully saturated rings. The van der Waals surface area contributed by atoms with Crippen molar-refractivity contribution in [2.45, 2.75) is 13.8 Å². The van der Waals surface area contributed by atoms with Gasteiger partial charge in [-0.25, -0.2) is 0 Å². The summed E-state index contributed by atoms with van der Waals surface area (Å²) < 4.78 is 5.19. The Bertz CT molecular complexity index is 614. The summed E-state index contributed by atoms with van der Waals surface area (Å²) in [7, 11) is 0. The third kappa shape index (κ3) is 2.97. The van der Waals surface area contributed by atoms with Crippen LogP contribution in [0.5, 0.6) is 5.75 Å². The number of aromatic nitrogens is 1. The highest BCUT2D eigenvalue weighted by Crippen LogP contribution is 2.31. The van der Waals surface area contributed by atoms with Crippen LogP contribution in [-0.2, 0) is 9.59 Å². The summed E-state index contributed by atoms with van der Waals surface area (Å²) in [6.07, 6.45) is 0. The van der Waals surface area contributed by atoms with E-state index in [2.05, 4.69) is 4.98 Å². The zero-order chi connectivity index (χ0) is 16.3. The SMILES string of the molecule is CCN(CC)C(=O)CN1C(=O)COc2ccc([N+](=O)[O-])nc21. The van der Waals surface area contributed by atoms with Crippen molar-refractivity contribution >= 4 is 23.5 Å². The van der Waals surface area contributed by atoms with E-state index in [1.54, 1.807) is 4.90 Å². The topological polar surface area (TPSA) is 106 Å². The predicted octanol–water partition coefficient (Wildman–Crippen LogP) is 0.584. The molecule has 0 aliphatic carbocycles. The van der Waals surface area contributed by atoms with Gasteiger partial charge in [0.1, 0.15) is 6.54 Å². The lowest BCUT2D eigenvalue weighted by atomic mass is 10.3. The van der Waals surface area contributed by atoms with E-state index in [0.717, 1.165) is 4.90 Å². The van der Waals surface area contributed by atoms with Crippen LogP contribution in [0.4, 0.5) is 11.6 Å². The van der Waals surface area contributed by atoms with Gasteiger partial charge < -0.3 is 19.8 Å². The number of pyridine rings is 1. The normalized spacial score (nSPS) is 13.4. The minimum absolute atomic E-state index is 0.00551. The van der Waals surface area contributed by atoms with Crippen molar-refractivity contribution in [2.24, 2.45) is 0 Å². The molecule has 0 bridgehead atoms. The number of hydrogen-bond donors (Lipinski definition) is 0. The number of hydrogen-bond acceptors (Lipinski definition) is 6. The molecule has 0 radical (unpaired) electrons. The van der Waals surface area contributed by atoms with E-state index < -0.39 is 16.6 Å². The van der Waals surface area contributed by atoms with Gasteiger partial charge in [0.25, 0.3) is 11.7 Å². The maximum absolute atomic E-state index is 12.2. The molecule has 2 heterocycles. The van der Waals surface area contributed by atoms with Gasteiger partial charge in [0, 0.05) is 19.2 Å². The number of carbonyl (C=O) groups excluding carboxylic acids is 2. The van der Waals surface area contributed by atoms with Crippen LogP contribution in [-0.4, -0.2) is 52.9 Å². The molecule has 0 saturated carbocycles. The highest BCUT2D eigenvalue weighted by molar-refractivity contribution is 6.01. The Morgan fingerprint density at radius 3 is 2.73 bits per heavy atom. The Kier molecular flexibility index (Phi) is 4.54. The van der Waals surface area contributed by atoms with Gasteiger partial charge in [-0.05, 0) is 29.8 Å². The molecule has 1 aromatic rings. The molecule has 1 aliphatic heterocycles. The molecule has 0 spiro atoms. The van der Waals surface area contributed by atoms with Gasteiger partial charge in [-0.1, -0.05) is 0 Å². The highest BCUT2D eigenvalue weighted by atomic mass is 16.6. The fourth-order valence-corrected chi connectivity index (χ4v) is 2.14. The maximum atomic E-state index is 12.2. The molecular formula is C13H16N4O5. The first-order chi connectivity index (χ1) is 10.5. The van der Waals surface area contributed by atoms with Crippen LogP contribution in [0.25, 0.3) is 0 Å². The van der Waals surface area contributed by atoms with Gasteiger partial charge in [-0.2, -0.15) is 0 Å². The van der Waals surface area contributed by atoms with Gasteiger partial charge in [-0.15, -0.1) is 0 Å². The molecule has 2 rings (SSSR count). The van der Waals surface area contributed by atoms with E-state index in [-0.39, 0.29) is 30.6 Å². The average Bonchev–Trinajstić information content (AvgIpc) is 2.50. The number of rotatable bonds is 5. The molecule has 0 N–H and O–H groups in total. The van der Waals surface area contributed by atoms with Crippen LogP contribution < -0.4 is 9.64 Å². The molecule has 0 aromatic carbocycles. The number of nitrogens with zero attached hydrogens (tertiary/aromatic N) is 4. The van der Waals surface area contributed by atoms with Crippen LogP contribution >= 0.6 is 0 Å². The Morgan fingerprint density at radius 2 is 2.14 bits per heavy atom. The lowest BCUT2D eigenvalue weighted by Gasteiger charge is -2.27. The molecule has 0 unspecified atom stereocenters. The minimum Gasteiger partial charge on any atom is -0.477 e. The van der Waals surface area contributed by atoms with Crippen molar-refractivity contribution in [3.63, 3.8) is 0 Å². The third-order valence-corrected chi connectivity index (χ3v) is 3.33. The molecule has 0 atom stereocenters. The first-order valence-electron chi connectivity index (χ1n) is 6.84. The molecule has 22 heavy (non-hydrogen) atoms. The fourth-order valence-electron chi connectivity index (χ4n) is 2.14. The van der Waals surface area contributed by atoms with E-state index in [1.165, 1.54) is 12.1 Å². The van der Waals surface area contributed by atoms with E-state index in [9.17, 15) is 19.7 Å². The Labute approximate surface area is 126 Å². The second-order valence-electron chi connectivity index (χ2n) is 4.58. The molecule has 118 valence electrons. The van der Waals surface area contributed by atoms with Crippen molar-refractivity contribution in [3.05, 3.63) is 22.2 Å². The molecule has 2 amide bonds. The van der Waals surface area contributed by atoms with Crippen molar-refractivity contribution in [1.82, 2.24) is 9.88 Å². The van der Waals surface area contributed by atoms with Gasteiger partial charge in [-0.3, -0.25) is 14.5 Å². The molecule has 0 saturated heterocycles. The smallest absolute Gasteiger partial charge is 0.366 e. The monoisotopic (exact) mass is 308 g/mol.